The zero-order chi connectivity index (χ0) is 15.4. The van der Waals surface area contributed by atoms with Crippen LogP contribution in [0.4, 0.5) is 8.78 Å². The summed E-state index contributed by atoms with van der Waals surface area (Å²) >= 11 is 0. The number of alkyl halides is 2. The molecule has 0 amide bonds. The van der Waals surface area contributed by atoms with Crippen LogP contribution in [-0.4, -0.2) is 22.7 Å². The average Bonchev–Trinajstić information content (AvgIpc) is 2.90. The molecule has 4 nitrogen and oxygen atoms in total. The second-order valence-corrected chi connectivity index (χ2v) is 4.69. The highest BCUT2D eigenvalue weighted by Gasteiger charge is 2.14. The molecule has 1 atom stereocenters. The molecule has 1 heterocycles. The van der Waals surface area contributed by atoms with Gasteiger partial charge in [0.05, 0.1) is 5.56 Å². The summed E-state index contributed by atoms with van der Waals surface area (Å²) in [6.45, 7) is 1.12. The predicted molar refractivity (Wildman–Crippen MR) is 74.7 cm³/mol. The van der Waals surface area contributed by atoms with E-state index in [1.54, 1.807) is 23.0 Å². The molecule has 0 aliphatic carbocycles. The SMILES string of the molecule is CCC(C)n1cc(C=O)c(-c2cccc(OC(F)F)c2)n1. The lowest BCUT2D eigenvalue weighted by Crippen LogP contribution is -2.04. The van der Waals surface area contributed by atoms with E-state index < -0.39 is 6.61 Å². The summed E-state index contributed by atoms with van der Waals surface area (Å²) in [5.41, 5.74) is 1.45. The van der Waals surface area contributed by atoms with Crippen molar-refractivity contribution in [2.24, 2.45) is 0 Å². The zero-order valence-electron chi connectivity index (χ0n) is 11.8. The summed E-state index contributed by atoms with van der Waals surface area (Å²) < 4.78 is 30.6. The van der Waals surface area contributed by atoms with Crippen LogP contribution in [-0.2, 0) is 0 Å². The molecule has 21 heavy (non-hydrogen) atoms. The molecule has 0 bridgehead atoms. The minimum atomic E-state index is -2.89. The average molecular weight is 294 g/mol. The molecule has 0 radical (unpaired) electrons. The summed E-state index contributed by atoms with van der Waals surface area (Å²) in [6.07, 6.45) is 3.24. The fraction of sp³-hybridized carbons (Fsp3) is 0.333. The molecule has 2 aromatic rings. The van der Waals surface area contributed by atoms with Crippen molar-refractivity contribution in [1.82, 2.24) is 9.78 Å². The Kier molecular flexibility index (Phi) is 4.67. The molecule has 112 valence electrons. The number of ether oxygens (including phenoxy) is 1. The van der Waals surface area contributed by atoms with Crippen LogP contribution in [0.15, 0.2) is 30.5 Å². The lowest BCUT2D eigenvalue weighted by atomic mass is 10.1. The maximum Gasteiger partial charge on any atom is 0.387 e. The zero-order valence-corrected chi connectivity index (χ0v) is 11.8. The van der Waals surface area contributed by atoms with Crippen LogP contribution in [0.5, 0.6) is 5.75 Å². The number of carbonyl (C=O) groups is 1. The molecule has 6 heteroatoms. The van der Waals surface area contributed by atoms with E-state index in [1.807, 2.05) is 13.8 Å². The van der Waals surface area contributed by atoms with E-state index in [0.29, 0.717) is 23.1 Å². The second-order valence-electron chi connectivity index (χ2n) is 4.69. The fourth-order valence-electron chi connectivity index (χ4n) is 1.95. The van der Waals surface area contributed by atoms with Crippen molar-refractivity contribution in [2.45, 2.75) is 32.9 Å². The normalized spacial score (nSPS) is 12.4. The van der Waals surface area contributed by atoms with Crippen LogP contribution < -0.4 is 4.74 Å². The third kappa shape index (κ3) is 3.45. The van der Waals surface area contributed by atoms with Gasteiger partial charge in [0.25, 0.3) is 0 Å². The van der Waals surface area contributed by atoms with Gasteiger partial charge >= 0.3 is 6.61 Å². The molecular formula is C15H16F2N2O2. The molecule has 0 N–H and O–H groups in total. The molecule has 0 spiro atoms. The molecule has 0 aliphatic rings. The minimum Gasteiger partial charge on any atom is -0.435 e. The van der Waals surface area contributed by atoms with Crippen molar-refractivity contribution < 1.29 is 18.3 Å². The van der Waals surface area contributed by atoms with Crippen LogP contribution in [0.2, 0.25) is 0 Å². The molecule has 0 fully saturated rings. The molecule has 0 saturated carbocycles. The fourth-order valence-corrected chi connectivity index (χ4v) is 1.95. The maximum atomic E-state index is 12.3. The second kappa shape index (κ2) is 6.47. The third-order valence-corrected chi connectivity index (χ3v) is 3.26. The van der Waals surface area contributed by atoms with E-state index in [9.17, 15) is 13.6 Å². The molecule has 1 aromatic carbocycles. The van der Waals surface area contributed by atoms with E-state index in [-0.39, 0.29) is 11.8 Å². The van der Waals surface area contributed by atoms with Crippen LogP contribution >= 0.6 is 0 Å². The van der Waals surface area contributed by atoms with E-state index in [4.69, 9.17) is 0 Å². The first-order chi connectivity index (χ1) is 10.0. The lowest BCUT2D eigenvalue weighted by molar-refractivity contribution is -0.0498. The summed E-state index contributed by atoms with van der Waals surface area (Å²) in [7, 11) is 0. The Balaban J connectivity index is 2.41. The number of aromatic nitrogens is 2. The predicted octanol–water partition coefficient (Wildman–Crippen LogP) is 3.94. The first-order valence-electron chi connectivity index (χ1n) is 6.64. The quantitative estimate of drug-likeness (QED) is 0.758. The van der Waals surface area contributed by atoms with Crippen molar-refractivity contribution in [2.75, 3.05) is 0 Å². The van der Waals surface area contributed by atoms with Gasteiger partial charge in [-0.25, -0.2) is 0 Å². The van der Waals surface area contributed by atoms with E-state index in [1.165, 1.54) is 12.1 Å². The van der Waals surface area contributed by atoms with Gasteiger partial charge < -0.3 is 4.74 Å². The minimum absolute atomic E-state index is 0.0393. The van der Waals surface area contributed by atoms with Crippen molar-refractivity contribution in [3.63, 3.8) is 0 Å². The highest BCUT2D eigenvalue weighted by atomic mass is 19.3. The Bertz CT molecular complexity index is 626. The van der Waals surface area contributed by atoms with Crippen LogP contribution in [0, 0.1) is 0 Å². The van der Waals surface area contributed by atoms with Gasteiger partial charge in [-0.2, -0.15) is 13.9 Å². The topological polar surface area (TPSA) is 44.1 Å². The van der Waals surface area contributed by atoms with E-state index in [2.05, 4.69) is 9.84 Å². The lowest BCUT2D eigenvalue weighted by Gasteiger charge is -2.08. The van der Waals surface area contributed by atoms with Gasteiger partial charge in [-0.05, 0) is 25.5 Å². The molecule has 2 rings (SSSR count). The number of hydrogen-bond acceptors (Lipinski definition) is 3. The Morgan fingerprint density at radius 2 is 2.19 bits per heavy atom. The number of benzene rings is 1. The van der Waals surface area contributed by atoms with Crippen molar-refractivity contribution in [1.29, 1.82) is 0 Å². The number of nitrogens with zero attached hydrogens (tertiary/aromatic N) is 2. The Morgan fingerprint density at radius 1 is 1.43 bits per heavy atom. The number of aldehydes is 1. The van der Waals surface area contributed by atoms with Crippen molar-refractivity contribution >= 4 is 6.29 Å². The first-order valence-corrected chi connectivity index (χ1v) is 6.64. The smallest absolute Gasteiger partial charge is 0.387 e. The van der Waals surface area contributed by atoms with Gasteiger partial charge in [-0.15, -0.1) is 0 Å². The van der Waals surface area contributed by atoms with Gasteiger partial charge in [0.15, 0.2) is 6.29 Å². The largest absolute Gasteiger partial charge is 0.435 e. The summed E-state index contributed by atoms with van der Waals surface area (Å²) in [5.74, 6) is 0.0393. The Hall–Kier alpha value is -2.24. The number of rotatable bonds is 6. The summed E-state index contributed by atoms with van der Waals surface area (Å²) in [4.78, 5) is 11.2. The molecule has 1 unspecified atom stereocenters. The van der Waals surface area contributed by atoms with E-state index in [0.717, 1.165) is 6.42 Å². The first kappa shape index (κ1) is 15.2. The van der Waals surface area contributed by atoms with Gasteiger partial charge in [0.2, 0.25) is 0 Å². The van der Waals surface area contributed by atoms with Gasteiger partial charge in [0.1, 0.15) is 11.4 Å². The highest BCUT2D eigenvalue weighted by Crippen LogP contribution is 2.27. The molecule has 0 aliphatic heterocycles. The van der Waals surface area contributed by atoms with Gasteiger partial charge in [-0.3, -0.25) is 9.48 Å². The van der Waals surface area contributed by atoms with Crippen molar-refractivity contribution in [3.05, 3.63) is 36.0 Å². The summed E-state index contributed by atoms with van der Waals surface area (Å²) in [5, 5.41) is 4.38. The maximum absolute atomic E-state index is 12.3. The van der Waals surface area contributed by atoms with Crippen LogP contribution in [0.1, 0.15) is 36.7 Å². The highest BCUT2D eigenvalue weighted by molar-refractivity contribution is 5.85. The summed E-state index contributed by atoms with van der Waals surface area (Å²) in [6, 6.07) is 6.32. The number of hydrogen-bond donors (Lipinski definition) is 0. The molecular weight excluding hydrogens is 278 g/mol. The third-order valence-electron chi connectivity index (χ3n) is 3.26. The van der Waals surface area contributed by atoms with E-state index >= 15 is 0 Å². The number of halogens is 2. The molecule has 1 aromatic heterocycles. The van der Waals surface area contributed by atoms with Gasteiger partial charge in [0, 0.05) is 17.8 Å². The van der Waals surface area contributed by atoms with Gasteiger partial charge in [-0.1, -0.05) is 19.1 Å². The number of carbonyl (C=O) groups excluding carboxylic acids is 1. The molecule has 0 saturated heterocycles. The Morgan fingerprint density at radius 3 is 2.81 bits per heavy atom. The standard InChI is InChI=1S/C15H16F2N2O2/c1-3-10(2)19-8-12(9-20)14(18-19)11-5-4-6-13(7-11)21-15(16)17/h4-10,15H,3H2,1-2H3. The van der Waals surface area contributed by atoms with Crippen LogP contribution in [0.25, 0.3) is 11.3 Å². The van der Waals surface area contributed by atoms with Crippen molar-refractivity contribution in [3.8, 4) is 17.0 Å². The monoisotopic (exact) mass is 294 g/mol. The Labute approximate surface area is 121 Å². The van der Waals surface area contributed by atoms with Crippen LogP contribution in [0.3, 0.4) is 0 Å².